The third-order valence-corrected chi connectivity index (χ3v) is 2.65. The molecule has 2 aromatic carbocycles. The first-order chi connectivity index (χ1) is 8.95. The number of nitrogens with two attached hydrogens (primary N) is 1. The van der Waals surface area contributed by atoms with E-state index in [9.17, 15) is 14.3 Å². The molecule has 2 aromatic rings. The van der Waals surface area contributed by atoms with E-state index in [1.54, 1.807) is 19.1 Å². The van der Waals surface area contributed by atoms with Crippen molar-refractivity contribution in [3.05, 3.63) is 53.3 Å². The maximum absolute atomic E-state index is 13.1. The summed E-state index contributed by atoms with van der Waals surface area (Å²) >= 11 is 0. The Morgan fingerprint density at radius 3 is 2.63 bits per heavy atom. The van der Waals surface area contributed by atoms with Crippen LogP contribution in [-0.2, 0) is 0 Å². The zero-order valence-corrected chi connectivity index (χ0v) is 10.3. The normalized spacial score (nSPS) is 10.2. The van der Waals surface area contributed by atoms with Gasteiger partial charge in [0.05, 0.1) is 0 Å². The molecule has 0 radical (unpaired) electrons. The molecule has 2 rings (SSSR count). The first kappa shape index (κ1) is 12.9. The van der Waals surface area contributed by atoms with Gasteiger partial charge in [-0.3, -0.25) is 4.79 Å². The molecule has 4 N–H and O–H groups in total. The summed E-state index contributed by atoms with van der Waals surface area (Å²) in [5, 5.41) is 12.1. The van der Waals surface area contributed by atoms with Crippen LogP contribution in [0.25, 0.3) is 0 Å². The van der Waals surface area contributed by atoms with Gasteiger partial charge in [-0.15, -0.1) is 0 Å². The number of anilines is 2. The van der Waals surface area contributed by atoms with E-state index in [2.05, 4.69) is 5.32 Å². The van der Waals surface area contributed by atoms with Crippen LogP contribution in [0.3, 0.4) is 0 Å². The molecular weight excluding hydrogens is 247 g/mol. The number of phenolic OH excluding ortho intramolecular Hbond substituents is 1. The third-order valence-electron chi connectivity index (χ3n) is 2.65. The van der Waals surface area contributed by atoms with E-state index in [-0.39, 0.29) is 22.7 Å². The summed E-state index contributed by atoms with van der Waals surface area (Å²) < 4.78 is 13.1. The van der Waals surface area contributed by atoms with Gasteiger partial charge in [-0.2, -0.15) is 0 Å². The Labute approximate surface area is 109 Å². The molecule has 0 unspecified atom stereocenters. The fourth-order valence-corrected chi connectivity index (χ4v) is 1.64. The van der Waals surface area contributed by atoms with Gasteiger partial charge in [0.25, 0.3) is 5.91 Å². The highest BCUT2D eigenvalue weighted by atomic mass is 19.1. The van der Waals surface area contributed by atoms with Crippen molar-refractivity contribution < 1.29 is 14.3 Å². The van der Waals surface area contributed by atoms with Gasteiger partial charge in [0, 0.05) is 16.9 Å². The quantitative estimate of drug-likeness (QED) is 0.727. The van der Waals surface area contributed by atoms with Crippen LogP contribution in [0.1, 0.15) is 15.9 Å². The highest BCUT2D eigenvalue weighted by Crippen LogP contribution is 2.20. The van der Waals surface area contributed by atoms with Gasteiger partial charge in [-0.1, -0.05) is 6.07 Å². The van der Waals surface area contributed by atoms with Crippen LogP contribution in [-0.4, -0.2) is 11.0 Å². The number of phenols is 1. The molecule has 98 valence electrons. The molecule has 0 spiro atoms. The molecule has 0 aliphatic carbocycles. The lowest BCUT2D eigenvalue weighted by molar-refractivity contribution is 0.102. The molecule has 0 aromatic heterocycles. The second-order valence-electron chi connectivity index (χ2n) is 4.23. The minimum absolute atomic E-state index is 0.0337. The van der Waals surface area contributed by atoms with E-state index in [4.69, 9.17) is 5.73 Å². The van der Waals surface area contributed by atoms with Crippen LogP contribution in [0, 0.1) is 12.7 Å². The molecule has 1 amide bonds. The smallest absolute Gasteiger partial charge is 0.255 e. The van der Waals surface area contributed by atoms with Crippen LogP contribution in [0.5, 0.6) is 5.75 Å². The molecule has 0 fully saturated rings. The van der Waals surface area contributed by atoms with Crippen molar-refractivity contribution in [2.24, 2.45) is 0 Å². The Bertz CT molecular complexity index is 621. The summed E-state index contributed by atoms with van der Waals surface area (Å²) in [6, 6.07) is 8.34. The molecule has 0 atom stereocenters. The predicted molar refractivity (Wildman–Crippen MR) is 71.6 cm³/mol. The minimum atomic E-state index is -0.526. The molecule has 0 saturated heterocycles. The van der Waals surface area contributed by atoms with Gasteiger partial charge in [0.15, 0.2) is 0 Å². The maximum Gasteiger partial charge on any atom is 0.255 e. The largest absolute Gasteiger partial charge is 0.508 e. The number of carbonyl (C=O) groups excluding carboxylic acids is 1. The number of hydrogen-bond acceptors (Lipinski definition) is 3. The molecule has 0 aliphatic heterocycles. The zero-order chi connectivity index (χ0) is 14.0. The Kier molecular flexibility index (Phi) is 3.37. The summed E-state index contributed by atoms with van der Waals surface area (Å²) in [7, 11) is 0. The van der Waals surface area contributed by atoms with Gasteiger partial charge in [-0.05, 0) is 42.8 Å². The zero-order valence-electron chi connectivity index (χ0n) is 10.3. The van der Waals surface area contributed by atoms with E-state index in [0.29, 0.717) is 5.56 Å². The topological polar surface area (TPSA) is 75.4 Å². The Hall–Kier alpha value is -2.56. The van der Waals surface area contributed by atoms with Crippen molar-refractivity contribution in [2.45, 2.75) is 6.92 Å². The number of aromatic hydroxyl groups is 1. The molecule has 0 aliphatic rings. The lowest BCUT2D eigenvalue weighted by Gasteiger charge is -2.07. The maximum atomic E-state index is 13.1. The van der Waals surface area contributed by atoms with Crippen molar-refractivity contribution in [3.8, 4) is 5.75 Å². The number of rotatable bonds is 2. The summed E-state index contributed by atoms with van der Waals surface area (Å²) in [6.07, 6.45) is 0. The van der Waals surface area contributed by atoms with Crippen molar-refractivity contribution in [1.29, 1.82) is 0 Å². The lowest BCUT2D eigenvalue weighted by Crippen LogP contribution is -2.12. The van der Waals surface area contributed by atoms with Crippen molar-refractivity contribution in [3.63, 3.8) is 0 Å². The fraction of sp³-hybridized carbons (Fsp3) is 0.0714. The minimum Gasteiger partial charge on any atom is -0.508 e. The predicted octanol–water partition coefficient (Wildman–Crippen LogP) is 2.67. The molecule has 0 heterocycles. The second kappa shape index (κ2) is 4.97. The number of nitrogen functional groups attached to an aromatic ring is 1. The summed E-state index contributed by atoms with van der Waals surface area (Å²) in [6.45, 7) is 1.73. The monoisotopic (exact) mass is 260 g/mol. The summed E-state index contributed by atoms with van der Waals surface area (Å²) in [5.74, 6) is -0.936. The number of aryl methyl sites for hydroxylation is 1. The van der Waals surface area contributed by atoms with E-state index >= 15 is 0 Å². The van der Waals surface area contributed by atoms with Gasteiger partial charge < -0.3 is 16.2 Å². The van der Waals surface area contributed by atoms with Crippen molar-refractivity contribution in [1.82, 2.24) is 0 Å². The number of nitrogens with one attached hydrogen (secondary N) is 1. The number of hydrogen-bond donors (Lipinski definition) is 3. The van der Waals surface area contributed by atoms with Crippen molar-refractivity contribution >= 4 is 17.3 Å². The van der Waals surface area contributed by atoms with Crippen LogP contribution >= 0.6 is 0 Å². The van der Waals surface area contributed by atoms with E-state index < -0.39 is 11.7 Å². The Balaban J connectivity index is 2.22. The SMILES string of the molecule is Cc1ccc(C(=O)Nc2cc(N)cc(F)c2)cc1O. The number of benzene rings is 2. The van der Waals surface area contributed by atoms with Gasteiger partial charge in [0.1, 0.15) is 11.6 Å². The number of halogens is 1. The molecule has 19 heavy (non-hydrogen) atoms. The van der Waals surface area contributed by atoms with Crippen LogP contribution in [0.2, 0.25) is 0 Å². The first-order valence-corrected chi connectivity index (χ1v) is 5.63. The highest BCUT2D eigenvalue weighted by molar-refractivity contribution is 6.04. The van der Waals surface area contributed by atoms with Crippen LogP contribution in [0.4, 0.5) is 15.8 Å². The summed E-state index contributed by atoms with van der Waals surface area (Å²) in [5.41, 5.74) is 6.93. The van der Waals surface area contributed by atoms with E-state index in [1.165, 1.54) is 18.2 Å². The average Bonchev–Trinajstić information content (AvgIpc) is 2.31. The van der Waals surface area contributed by atoms with Gasteiger partial charge in [0.2, 0.25) is 0 Å². The summed E-state index contributed by atoms with van der Waals surface area (Å²) in [4.78, 5) is 11.9. The second-order valence-corrected chi connectivity index (χ2v) is 4.23. The lowest BCUT2D eigenvalue weighted by atomic mass is 10.1. The van der Waals surface area contributed by atoms with Crippen LogP contribution < -0.4 is 11.1 Å². The fourth-order valence-electron chi connectivity index (χ4n) is 1.64. The van der Waals surface area contributed by atoms with Crippen molar-refractivity contribution in [2.75, 3.05) is 11.1 Å². The van der Waals surface area contributed by atoms with E-state index in [1.807, 2.05) is 0 Å². The number of carbonyl (C=O) groups is 1. The third kappa shape index (κ3) is 3.01. The highest BCUT2D eigenvalue weighted by Gasteiger charge is 2.09. The van der Waals surface area contributed by atoms with E-state index in [0.717, 1.165) is 6.07 Å². The number of amides is 1. The van der Waals surface area contributed by atoms with Gasteiger partial charge >= 0.3 is 0 Å². The average molecular weight is 260 g/mol. The molecular formula is C14H13FN2O2. The molecule has 5 heteroatoms. The molecule has 0 saturated carbocycles. The van der Waals surface area contributed by atoms with Crippen LogP contribution in [0.15, 0.2) is 36.4 Å². The first-order valence-electron chi connectivity index (χ1n) is 5.63. The standard InChI is InChI=1S/C14H13FN2O2/c1-8-2-3-9(4-13(8)18)14(19)17-12-6-10(15)5-11(16)7-12/h2-7,18H,16H2,1H3,(H,17,19). The Morgan fingerprint density at radius 1 is 1.26 bits per heavy atom. The van der Waals surface area contributed by atoms with Gasteiger partial charge in [-0.25, -0.2) is 4.39 Å². The Morgan fingerprint density at radius 2 is 2.00 bits per heavy atom. The molecule has 0 bridgehead atoms. The molecule has 4 nitrogen and oxygen atoms in total.